The zero-order valence-corrected chi connectivity index (χ0v) is 11.3. The van der Waals surface area contributed by atoms with E-state index in [0.29, 0.717) is 5.56 Å². The normalized spacial score (nSPS) is 11.6. The monoisotopic (exact) mass is 274 g/mol. The van der Waals surface area contributed by atoms with Gasteiger partial charge in [-0.15, -0.1) is 0 Å². The number of benzene rings is 3. The van der Waals surface area contributed by atoms with Gasteiger partial charge < -0.3 is 5.11 Å². The highest BCUT2D eigenvalue weighted by molar-refractivity contribution is 6.02. The van der Waals surface area contributed by atoms with Crippen molar-refractivity contribution in [1.82, 2.24) is 0 Å². The van der Waals surface area contributed by atoms with E-state index < -0.39 is 0 Å². The summed E-state index contributed by atoms with van der Waals surface area (Å²) in [5.41, 5.74) is 1.66. The van der Waals surface area contributed by atoms with Crippen LogP contribution in [0.5, 0.6) is 5.75 Å². The Morgan fingerprint density at radius 1 is 0.714 bits per heavy atom. The van der Waals surface area contributed by atoms with Crippen molar-refractivity contribution in [2.45, 2.75) is 0 Å². The van der Waals surface area contributed by atoms with Crippen LogP contribution in [0, 0.1) is 0 Å². The second-order valence-corrected chi connectivity index (χ2v) is 4.62. The van der Waals surface area contributed by atoms with E-state index in [0.717, 1.165) is 16.3 Å². The molecule has 3 heteroatoms. The lowest BCUT2D eigenvalue weighted by atomic mass is 10.0. The van der Waals surface area contributed by atoms with E-state index in [-0.39, 0.29) is 5.75 Å². The molecule has 0 saturated carbocycles. The highest BCUT2D eigenvalue weighted by atomic mass is 16.3. The topological polar surface area (TPSA) is 45.0 Å². The van der Waals surface area contributed by atoms with Gasteiger partial charge in [0, 0.05) is 5.56 Å². The molecule has 0 bridgehead atoms. The first-order valence-corrected chi connectivity index (χ1v) is 6.67. The Balaban J connectivity index is 1.89. The fraction of sp³-hybridized carbons (Fsp3) is 0. The molecular weight excluding hydrogens is 260 g/mol. The number of rotatable bonds is 3. The van der Waals surface area contributed by atoms with Crippen LogP contribution in [0.15, 0.2) is 76.9 Å². The lowest BCUT2D eigenvalue weighted by Crippen LogP contribution is -1.86. The molecule has 0 saturated heterocycles. The molecule has 3 nitrogen and oxygen atoms in total. The van der Waals surface area contributed by atoms with E-state index in [4.69, 9.17) is 0 Å². The number of aromatic hydroxyl groups is 1. The predicted octanol–water partition coefficient (Wildman–Crippen LogP) is 4.00. The van der Waals surface area contributed by atoms with Crippen LogP contribution in [0.25, 0.3) is 10.8 Å². The molecule has 0 aliphatic rings. The molecule has 0 unspecified atom stereocenters. The van der Waals surface area contributed by atoms with Gasteiger partial charge in [0.25, 0.3) is 0 Å². The van der Waals surface area contributed by atoms with Crippen LogP contribution in [0.1, 0.15) is 11.1 Å². The Labute approximate surface area is 122 Å². The SMILES string of the molecule is Oc1ccc2ccccc2c1/C=N/N=C/c1ccccc1. The standard InChI is InChI=1S/C18H14N2O/c21-18-11-10-15-8-4-5-9-16(15)17(18)13-20-19-12-14-6-2-1-3-7-14/h1-13,21H/b19-12+,20-13+. The van der Waals surface area contributed by atoms with Crippen LogP contribution in [0.3, 0.4) is 0 Å². The average Bonchev–Trinajstić information content (AvgIpc) is 2.54. The first-order valence-electron chi connectivity index (χ1n) is 6.67. The highest BCUT2D eigenvalue weighted by Crippen LogP contribution is 2.25. The number of hydrogen-bond acceptors (Lipinski definition) is 3. The summed E-state index contributed by atoms with van der Waals surface area (Å²) in [4.78, 5) is 0. The number of fused-ring (bicyclic) bond motifs is 1. The van der Waals surface area contributed by atoms with Gasteiger partial charge in [0.15, 0.2) is 0 Å². The molecule has 0 amide bonds. The minimum atomic E-state index is 0.201. The maximum atomic E-state index is 9.98. The van der Waals surface area contributed by atoms with E-state index in [1.54, 1.807) is 18.5 Å². The molecule has 0 spiro atoms. The zero-order chi connectivity index (χ0) is 14.5. The third-order valence-electron chi connectivity index (χ3n) is 3.21. The third-order valence-corrected chi connectivity index (χ3v) is 3.21. The summed E-state index contributed by atoms with van der Waals surface area (Å²) in [6.07, 6.45) is 3.26. The average molecular weight is 274 g/mol. The Hall–Kier alpha value is -2.94. The summed E-state index contributed by atoms with van der Waals surface area (Å²) in [7, 11) is 0. The minimum Gasteiger partial charge on any atom is -0.507 e. The van der Waals surface area contributed by atoms with Crippen molar-refractivity contribution < 1.29 is 5.11 Å². The van der Waals surface area contributed by atoms with E-state index in [9.17, 15) is 5.11 Å². The second kappa shape index (κ2) is 6.01. The van der Waals surface area contributed by atoms with E-state index in [2.05, 4.69) is 10.2 Å². The van der Waals surface area contributed by atoms with E-state index in [1.165, 1.54) is 0 Å². The highest BCUT2D eigenvalue weighted by Gasteiger charge is 2.03. The van der Waals surface area contributed by atoms with Gasteiger partial charge in [-0.25, -0.2) is 0 Å². The lowest BCUT2D eigenvalue weighted by molar-refractivity contribution is 0.475. The molecule has 0 radical (unpaired) electrons. The van der Waals surface area contributed by atoms with Crippen LogP contribution in [-0.2, 0) is 0 Å². The molecule has 3 aromatic carbocycles. The van der Waals surface area contributed by atoms with Gasteiger partial charge in [0.1, 0.15) is 5.75 Å². The van der Waals surface area contributed by atoms with Crippen LogP contribution in [-0.4, -0.2) is 17.5 Å². The van der Waals surface area contributed by atoms with Crippen molar-refractivity contribution in [1.29, 1.82) is 0 Å². The molecule has 0 fully saturated rings. The summed E-state index contributed by atoms with van der Waals surface area (Å²) in [5.74, 6) is 0.201. The van der Waals surface area contributed by atoms with Gasteiger partial charge in [-0.2, -0.15) is 10.2 Å². The third kappa shape index (κ3) is 2.98. The number of nitrogens with zero attached hydrogens (tertiary/aromatic N) is 2. The largest absolute Gasteiger partial charge is 0.507 e. The zero-order valence-electron chi connectivity index (χ0n) is 11.3. The molecule has 3 aromatic rings. The van der Waals surface area contributed by atoms with Crippen molar-refractivity contribution in [3.63, 3.8) is 0 Å². The number of hydrogen-bond donors (Lipinski definition) is 1. The van der Waals surface area contributed by atoms with Crippen molar-refractivity contribution in [2.24, 2.45) is 10.2 Å². The van der Waals surface area contributed by atoms with Crippen molar-refractivity contribution >= 4 is 23.2 Å². The van der Waals surface area contributed by atoms with Crippen LogP contribution in [0.2, 0.25) is 0 Å². The Kier molecular flexibility index (Phi) is 3.74. The van der Waals surface area contributed by atoms with Crippen molar-refractivity contribution in [3.8, 4) is 5.75 Å². The summed E-state index contributed by atoms with van der Waals surface area (Å²) >= 11 is 0. The van der Waals surface area contributed by atoms with Gasteiger partial charge in [0.05, 0.1) is 12.4 Å². The number of phenolic OH excluding ortho intramolecular Hbond substituents is 1. The molecule has 3 rings (SSSR count). The van der Waals surface area contributed by atoms with E-state index in [1.807, 2.05) is 60.7 Å². The molecule has 1 N–H and O–H groups in total. The van der Waals surface area contributed by atoms with Gasteiger partial charge in [0.2, 0.25) is 0 Å². The van der Waals surface area contributed by atoms with Gasteiger partial charge in [-0.3, -0.25) is 0 Å². The van der Waals surface area contributed by atoms with E-state index >= 15 is 0 Å². The van der Waals surface area contributed by atoms with Gasteiger partial charge in [-0.05, 0) is 22.4 Å². The first-order chi connectivity index (χ1) is 10.3. The molecule has 0 aliphatic heterocycles. The summed E-state index contributed by atoms with van der Waals surface area (Å²) in [5, 5.41) is 20.0. The molecule has 21 heavy (non-hydrogen) atoms. The maximum Gasteiger partial charge on any atom is 0.125 e. The lowest BCUT2D eigenvalue weighted by Gasteiger charge is -2.03. The van der Waals surface area contributed by atoms with Gasteiger partial charge >= 0.3 is 0 Å². The molecule has 102 valence electrons. The van der Waals surface area contributed by atoms with Crippen LogP contribution in [0.4, 0.5) is 0 Å². The minimum absolute atomic E-state index is 0.201. The summed E-state index contributed by atoms with van der Waals surface area (Å²) < 4.78 is 0. The Morgan fingerprint density at radius 2 is 1.43 bits per heavy atom. The molecule has 0 atom stereocenters. The fourth-order valence-electron chi connectivity index (χ4n) is 2.15. The maximum absolute atomic E-state index is 9.98. The molecule has 0 aliphatic carbocycles. The van der Waals surface area contributed by atoms with Gasteiger partial charge in [-0.1, -0.05) is 60.7 Å². The molecule has 0 aromatic heterocycles. The van der Waals surface area contributed by atoms with Crippen LogP contribution >= 0.6 is 0 Å². The summed E-state index contributed by atoms with van der Waals surface area (Å²) in [6.45, 7) is 0. The molecule has 0 heterocycles. The number of phenols is 1. The Morgan fingerprint density at radius 3 is 2.29 bits per heavy atom. The first kappa shape index (κ1) is 13.1. The van der Waals surface area contributed by atoms with Crippen LogP contribution < -0.4 is 0 Å². The molecular formula is C18H14N2O. The fourth-order valence-corrected chi connectivity index (χ4v) is 2.15. The second-order valence-electron chi connectivity index (χ2n) is 4.62. The quantitative estimate of drug-likeness (QED) is 0.569. The van der Waals surface area contributed by atoms with Crippen molar-refractivity contribution in [3.05, 3.63) is 77.9 Å². The smallest absolute Gasteiger partial charge is 0.125 e. The predicted molar refractivity (Wildman–Crippen MR) is 87.2 cm³/mol. The van der Waals surface area contributed by atoms with Crippen molar-refractivity contribution in [2.75, 3.05) is 0 Å². The summed E-state index contributed by atoms with van der Waals surface area (Å²) in [6, 6.07) is 21.2. The Bertz CT molecular complexity index is 808.